The molecule has 1 aromatic carbocycles. The normalized spacial score (nSPS) is 19.6. The molecule has 3 heteroatoms. The quantitative estimate of drug-likeness (QED) is 0.885. The van der Waals surface area contributed by atoms with Crippen molar-refractivity contribution in [2.45, 2.75) is 38.8 Å². The van der Waals surface area contributed by atoms with Crippen LogP contribution in [0.15, 0.2) is 24.3 Å². The Labute approximate surface area is 109 Å². The summed E-state index contributed by atoms with van der Waals surface area (Å²) in [5.41, 5.74) is 2.44. The molecule has 1 atom stereocenters. The second-order valence-corrected chi connectivity index (χ2v) is 5.19. The molecule has 0 radical (unpaired) electrons. The van der Waals surface area contributed by atoms with E-state index in [-0.39, 0.29) is 11.9 Å². The number of nitrogens with zero attached hydrogens (tertiary/aromatic N) is 1. The van der Waals surface area contributed by atoms with Crippen LogP contribution < -0.4 is 5.32 Å². The summed E-state index contributed by atoms with van der Waals surface area (Å²) in [6.07, 6.45) is 3.31. The number of amides is 1. The molecule has 1 N–H and O–H groups in total. The number of carbonyl (C=O) groups excluding carboxylic acids is 1. The zero-order valence-corrected chi connectivity index (χ0v) is 11.3. The number of likely N-dealkylation sites (N-methyl/N-ethyl adjacent to an activating group) is 1. The number of benzene rings is 1. The van der Waals surface area contributed by atoms with E-state index in [0.717, 1.165) is 19.4 Å². The van der Waals surface area contributed by atoms with Crippen LogP contribution in [0.1, 0.15) is 30.4 Å². The number of hydrogen-bond donors (Lipinski definition) is 1. The van der Waals surface area contributed by atoms with Crippen LogP contribution in [0, 0.1) is 6.92 Å². The zero-order chi connectivity index (χ0) is 13.0. The molecule has 0 aromatic heterocycles. The van der Waals surface area contributed by atoms with Gasteiger partial charge in [0.25, 0.3) is 0 Å². The molecule has 1 fully saturated rings. The van der Waals surface area contributed by atoms with Crippen molar-refractivity contribution in [3.05, 3.63) is 35.4 Å². The molecule has 1 amide bonds. The Bertz CT molecular complexity index is 411. The first-order valence-electron chi connectivity index (χ1n) is 6.71. The molecule has 0 bridgehead atoms. The van der Waals surface area contributed by atoms with Gasteiger partial charge in [-0.1, -0.05) is 36.2 Å². The van der Waals surface area contributed by atoms with E-state index >= 15 is 0 Å². The molecule has 1 saturated heterocycles. The van der Waals surface area contributed by atoms with E-state index in [1.807, 2.05) is 18.0 Å². The fourth-order valence-corrected chi connectivity index (χ4v) is 2.49. The maximum Gasteiger partial charge on any atom is 0.239 e. The van der Waals surface area contributed by atoms with Gasteiger partial charge in [-0.3, -0.25) is 4.79 Å². The van der Waals surface area contributed by atoms with Crippen LogP contribution in [-0.2, 0) is 11.3 Å². The van der Waals surface area contributed by atoms with E-state index in [1.165, 1.54) is 17.5 Å². The lowest BCUT2D eigenvalue weighted by Crippen LogP contribution is -2.46. The van der Waals surface area contributed by atoms with Gasteiger partial charge < -0.3 is 10.2 Å². The van der Waals surface area contributed by atoms with Crippen molar-refractivity contribution in [3.8, 4) is 0 Å². The molecular formula is C15H22N2O. The summed E-state index contributed by atoms with van der Waals surface area (Å²) >= 11 is 0. The van der Waals surface area contributed by atoms with Gasteiger partial charge in [-0.15, -0.1) is 0 Å². The Hall–Kier alpha value is -1.35. The van der Waals surface area contributed by atoms with Gasteiger partial charge in [-0.2, -0.15) is 0 Å². The summed E-state index contributed by atoms with van der Waals surface area (Å²) in [6, 6.07) is 8.35. The smallest absolute Gasteiger partial charge is 0.239 e. The highest BCUT2D eigenvalue weighted by Crippen LogP contribution is 2.12. The summed E-state index contributed by atoms with van der Waals surface area (Å²) in [6.45, 7) is 3.74. The van der Waals surface area contributed by atoms with Crippen LogP contribution >= 0.6 is 0 Å². The van der Waals surface area contributed by atoms with Crippen molar-refractivity contribution in [2.24, 2.45) is 0 Å². The van der Waals surface area contributed by atoms with Gasteiger partial charge in [0, 0.05) is 13.6 Å². The first kappa shape index (κ1) is 13.1. The van der Waals surface area contributed by atoms with Gasteiger partial charge in [0.1, 0.15) is 0 Å². The Morgan fingerprint density at radius 2 is 2.28 bits per heavy atom. The Kier molecular flexibility index (Phi) is 4.37. The van der Waals surface area contributed by atoms with Crippen LogP contribution in [0.25, 0.3) is 0 Å². The number of aryl methyl sites for hydroxylation is 1. The molecule has 1 unspecified atom stereocenters. The fourth-order valence-electron chi connectivity index (χ4n) is 2.49. The molecule has 1 aliphatic rings. The van der Waals surface area contributed by atoms with E-state index in [1.54, 1.807) is 0 Å². The Morgan fingerprint density at radius 1 is 1.44 bits per heavy atom. The summed E-state index contributed by atoms with van der Waals surface area (Å²) in [5, 5.41) is 3.31. The minimum Gasteiger partial charge on any atom is -0.340 e. The van der Waals surface area contributed by atoms with Crippen molar-refractivity contribution < 1.29 is 4.79 Å². The van der Waals surface area contributed by atoms with Gasteiger partial charge in [0.2, 0.25) is 5.91 Å². The molecule has 1 heterocycles. The third-order valence-corrected chi connectivity index (χ3v) is 3.49. The number of nitrogens with one attached hydrogen (secondary N) is 1. The van der Waals surface area contributed by atoms with Crippen LogP contribution in [0.5, 0.6) is 0 Å². The number of carbonyl (C=O) groups is 1. The molecule has 3 nitrogen and oxygen atoms in total. The standard InChI is InChI=1S/C15H22N2O/c1-12-6-5-7-13(10-12)11-17(2)15(18)14-8-3-4-9-16-14/h5-7,10,14,16H,3-4,8-9,11H2,1-2H3. The molecule has 0 aliphatic carbocycles. The van der Waals surface area contributed by atoms with Crippen molar-refractivity contribution in [1.82, 2.24) is 10.2 Å². The predicted octanol–water partition coefficient (Wildman–Crippen LogP) is 2.10. The van der Waals surface area contributed by atoms with Crippen LogP contribution in [0.3, 0.4) is 0 Å². The highest BCUT2D eigenvalue weighted by atomic mass is 16.2. The lowest BCUT2D eigenvalue weighted by Gasteiger charge is -2.27. The molecule has 1 aromatic rings. The molecule has 0 spiro atoms. The molecule has 98 valence electrons. The van der Waals surface area contributed by atoms with Crippen LogP contribution in [-0.4, -0.2) is 30.4 Å². The van der Waals surface area contributed by atoms with E-state index in [0.29, 0.717) is 6.54 Å². The Balaban J connectivity index is 1.94. The first-order valence-corrected chi connectivity index (χ1v) is 6.71. The lowest BCUT2D eigenvalue weighted by molar-refractivity contribution is -0.133. The number of piperidine rings is 1. The summed E-state index contributed by atoms with van der Waals surface area (Å²) < 4.78 is 0. The monoisotopic (exact) mass is 246 g/mol. The maximum atomic E-state index is 12.3. The highest BCUT2D eigenvalue weighted by Gasteiger charge is 2.23. The molecule has 2 rings (SSSR count). The zero-order valence-electron chi connectivity index (χ0n) is 11.3. The highest BCUT2D eigenvalue weighted by molar-refractivity contribution is 5.81. The lowest BCUT2D eigenvalue weighted by atomic mass is 10.0. The van der Waals surface area contributed by atoms with Gasteiger partial charge in [-0.25, -0.2) is 0 Å². The second-order valence-electron chi connectivity index (χ2n) is 5.19. The molecule has 18 heavy (non-hydrogen) atoms. The van der Waals surface area contributed by atoms with Crippen molar-refractivity contribution in [2.75, 3.05) is 13.6 Å². The number of rotatable bonds is 3. The summed E-state index contributed by atoms with van der Waals surface area (Å²) in [5.74, 6) is 0.219. The van der Waals surface area contributed by atoms with Crippen molar-refractivity contribution in [1.29, 1.82) is 0 Å². The average molecular weight is 246 g/mol. The van der Waals surface area contributed by atoms with Crippen molar-refractivity contribution >= 4 is 5.91 Å². The van der Waals surface area contributed by atoms with Gasteiger partial charge in [0.15, 0.2) is 0 Å². The van der Waals surface area contributed by atoms with Crippen molar-refractivity contribution in [3.63, 3.8) is 0 Å². The third kappa shape index (κ3) is 3.33. The first-order chi connectivity index (χ1) is 8.66. The molecule has 0 saturated carbocycles. The minimum atomic E-state index is 0.0218. The molecule has 1 aliphatic heterocycles. The minimum absolute atomic E-state index is 0.0218. The van der Waals surface area contributed by atoms with Gasteiger partial charge >= 0.3 is 0 Å². The predicted molar refractivity (Wildman–Crippen MR) is 73.3 cm³/mol. The third-order valence-electron chi connectivity index (χ3n) is 3.49. The van der Waals surface area contributed by atoms with E-state index in [2.05, 4.69) is 30.4 Å². The van der Waals surface area contributed by atoms with Gasteiger partial charge in [-0.05, 0) is 31.9 Å². The van der Waals surface area contributed by atoms with Gasteiger partial charge in [0.05, 0.1) is 6.04 Å². The maximum absolute atomic E-state index is 12.3. The molecular weight excluding hydrogens is 224 g/mol. The second kappa shape index (κ2) is 6.01. The average Bonchev–Trinajstić information content (AvgIpc) is 2.39. The SMILES string of the molecule is Cc1cccc(CN(C)C(=O)C2CCCCN2)c1. The largest absolute Gasteiger partial charge is 0.340 e. The topological polar surface area (TPSA) is 32.3 Å². The summed E-state index contributed by atoms with van der Waals surface area (Å²) in [4.78, 5) is 14.1. The van der Waals surface area contributed by atoms with E-state index in [4.69, 9.17) is 0 Å². The van der Waals surface area contributed by atoms with E-state index in [9.17, 15) is 4.79 Å². The van der Waals surface area contributed by atoms with Crippen LogP contribution in [0.4, 0.5) is 0 Å². The summed E-state index contributed by atoms with van der Waals surface area (Å²) in [7, 11) is 1.89. The number of hydrogen-bond acceptors (Lipinski definition) is 2. The fraction of sp³-hybridized carbons (Fsp3) is 0.533. The Morgan fingerprint density at radius 3 is 2.94 bits per heavy atom. The van der Waals surface area contributed by atoms with E-state index < -0.39 is 0 Å². The van der Waals surface area contributed by atoms with Crippen LogP contribution in [0.2, 0.25) is 0 Å².